The van der Waals surface area contributed by atoms with E-state index in [2.05, 4.69) is 52.8 Å². The lowest BCUT2D eigenvalue weighted by Gasteiger charge is -2.26. The Morgan fingerprint density at radius 3 is 2.39 bits per heavy atom. The normalized spacial score (nSPS) is 15.2. The molecule has 0 spiro atoms. The number of carbonyl (C=O) groups is 1. The standard InChI is InChI=1S/C26H23Br3N2O6S/c1-5-36-19-11-15(27)14(10-18(19)35-4)22-21(25(34)37-6-2)12(3)30-26-31(22)24(33)20(38-26)9-13-7-16(28)23(32)17(29)8-13/h7-11,22,32H,5-6H2,1-4H3/b20-9+/t22-/m1/s1. The van der Waals surface area contributed by atoms with Gasteiger partial charge in [0.2, 0.25) is 0 Å². The number of thiazole rings is 1. The summed E-state index contributed by atoms with van der Waals surface area (Å²) in [4.78, 5) is 32.1. The van der Waals surface area contributed by atoms with Crippen LogP contribution < -0.4 is 24.4 Å². The average molecular weight is 731 g/mol. The van der Waals surface area contributed by atoms with Crippen molar-refractivity contribution in [2.24, 2.45) is 4.99 Å². The summed E-state index contributed by atoms with van der Waals surface area (Å²) in [5.41, 5.74) is 1.69. The third-order valence-electron chi connectivity index (χ3n) is 5.73. The molecule has 0 unspecified atom stereocenters. The SMILES string of the molecule is CCOC(=O)C1=C(C)N=c2s/c(=C/c3cc(Br)c(O)c(Br)c3)c(=O)n2[C@@H]1c1cc(OC)c(OCC)cc1Br. The van der Waals surface area contributed by atoms with E-state index in [4.69, 9.17) is 14.2 Å². The van der Waals surface area contributed by atoms with E-state index in [0.717, 1.165) is 0 Å². The number of nitrogens with zero attached hydrogens (tertiary/aromatic N) is 2. The molecule has 38 heavy (non-hydrogen) atoms. The number of benzene rings is 2. The van der Waals surface area contributed by atoms with Crippen LogP contribution >= 0.6 is 59.1 Å². The maximum Gasteiger partial charge on any atom is 0.338 e. The van der Waals surface area contributed by atoms with E-state index in [1.54, 1.807) is 44.2 Å². The van der Waals surface area contributed by atoms with Crippen molar-refractivity contribution in [1.29, 1.82) is 0 Å². The predicted molar refractivity (Wildman–Crippen MR) is 156 cm³/mol. The second-order valence-corrected chi connectivity index (χ2v) is 11.7. The summed E-state index contributed by atoms with van der Waals surface area (Å²) in [5, 5.41) is 10.1. The van der Waals surface area contributed by atoms with Crippen molar-refractivity contribution in [3.63, 3.8) is 0 Å². The molecule has 0 radical (unpaired) electrons. The molecule has 1 aliphatic rings. The number of allylic oxidation sites excluding steroid dienone is 1. The maximum atomic E-state index is 13.9. The monoisotopic (exact) mass is 728 g/mol. The predicted octanol–water partition coefficient (Wildman–Crippen LogP) is 5.20. The highest BCUT2D eigenvalue weighted by atomic mass is 79.9. The van der Waals surface area contributed by atoms with E-state index in [1.165, 1.54) is 23.0 Å². The molecule has 3 aromatic rings. The summed E-state index contributed by atoms with van der Waals surface area (Å²) in [6.45, 7) is 5.93. The number of aromatic hydroxyl groups is 1. The number of fused-ring (bicyclic) bond motifs is 1. The van der Waals surface area contributed by atoms with Gasteiger partial charge in [-0.2, -0.15) is 0 Å². The van der Waals surface area contributed by atoms with Gasteiger partial charge in [0, 0.05) is 4.47 Å². The van der Waals surface area contributed by atoms with E-state index >= 15 is 0 Å². The van der Waals surface area contributed by atoms with Gasteiger partial charge < -0.3 is 19.3 Å². The van der Waals surface area contributed by atoms with Gasteiger partial charge in [0.1, 0.15) is 5.75 Å². The molecule has 2 heterocycles. The topological polar surface area (TPSA) is 99.4 Å². The van der Waals surface area contributed by atoms with Gasteiger partial charge in [-0.15, -0.1) is 0 Å². The number of esters is 1. The number of methoxy groups -OCH3 is 1. The summed E-state index contributed by atoms with van der Waals surface area (Å²) in [5.74, 6) is 0.496. The van der Waals surface area contributed by atoms with Crippen molar-refractivity contribution >= 4 is 71.2 Å². The van der Waals surface area contributed by atoms with Crippen LogP contribution in [0.4, 0.5) is 0 Å². The zero-order valence-electron chi connectivity index (χ0n) is 20.8. The van der Waals surface area contributed by atoms with E-state index in [1.807, 2.05) is 6.92 Å². The molecule has 1 aliphatic heterocycles. The van der Waals surface area contributed by atoms with Gasteiger partial charge in [0.25, 0.3) is 5.56 Å². The van der Waals surface area contributed by atoms with Gasteiger partial charge in [-0.3, -0.25) is 9.36 Å². The lowest BCUT2D eigenvalue weighted by molar-refractivity contribution is -0.139. The van der Waals surface area contributed by atoms with Gasteiger partial charge in [0.15, 0.2) is 16.3 Å². The van der Waals surface area contributed by atoms with E-state index < -0.39 is 12.0 Å². The van der Waals surface area contributed by atoms with Crippen LogP contribution in [-0.2, 0) is 9.53 Å². The number of hydrogen-bond acceptors (Lipinski definition) is 8. The first kappa shape index (κ1) is 28.6. The van der Waals surface area contributed by atoms with Crippen LogP contribution in [0.5, 0.6) is 17.2 Å². The summed E-state index contributed by atoms with van der Waals surface area (Å²) >= 11 is 11.5. The molecule has 0 saturated carbocycles. The highest BCUT2D eigenvalue weighted by molar-refractivity contribution is 9.11. The first-order valence-corrected chi connectivity index (χ1v) is 14.7. The van der Waals surface area contributed by atoms with Crippen molar-refractivity contribution in [3.8, 4) is 17.2 Å². The third kappa shape index (κ3) is 5.36. The van der Waals surface area contributed by atoms with Crippen LogP contribution in [-0.4, -0.2) is 36.0 Å². The molecule has 0 fully saturated rings. The molecular formula is C26H23Br3N2O6S. The fourth-order valence-electron chi connectivity index (χ4n) is 4.09. The molecule has 4 rings (SSSR count). The number of ether oxygens (including phenoxy) is 3. The first-order valence-electron chi connectivity index (χ1n) is 11.5. The largest absolute Gasteiger partial charge is 0.506 e. The van der Waals surface area contributed by atoms with Crippen molar-refractivity contribution in [3.05, 3.63) is 79.8 Å². The smallest absolute Gasteiger partial charge is 0.338 e. The number of aromatic nitrogens is 1. The number of carbonyl (C=O) groups excluding carboxylic acids is 1. The highest BCUT2D eigenvalue weighted by Crippen LogP contribution is 2.41. The molecule has 0 bridgehead atoms. The number of halogens is 3. The Labute approximate surface area is 247 Å². The lowest BCUT2D eigenvalue weighted by Crippen LogP contribution is -2.40. The van der Waals surface area contributed by atoms with Crippen molar-refractivity contribution < 1.29 is 24.1 Å². The highest BCUT2D eigenvalue weighted by Gasteiger charge is 2.35. The van der Waals surface area contributed by atoms with Gasteiger partial charge in [-0.05, 0) is 94.1 Å². The Morgan fingerprint density at radius 1 is 1.11 bits per heavy atom. The number of hydrogen-bond donors (Lipinski definition) is 1. The molecule has 1 atom stereocenters. The molecule has 0 aliphatic carbocycles. The van der Waals surface area contributed by atoms with Crippen LogP contribution in [0.25, 0.3) is 6.08 Å². The van der Waals surface area contributed by atoms with Gasteiger partial charge in [0.05, 0.1) is 51.1 Å². The molecule has 1 N–H and O–H groups in total. The quantitative estimate of drug-likeness (QED) is 0.336. The van der Waals surface area contributed by atoms with Gasteiger partial charge in [-0.1, -0.05) is 27.3 Å². The zero-order valence-corrected chi connectivity index (χ0v) is 26.4. The second-order valence-electron chi connectivity index (χ2n) is 8.09. The van der Waals surface area contributed by atoms with Crippen LogP contribution in [0.1, 0.15) is 37.9 Å². The van der Waals surface area contributed by atoms with Crippen LogP contribution in [0, 0.1) is 0 Å². The molecular weight excluding hydrogens is 708 g/mol. The zero-order chi connectivity index (χ0) is 27.7. The van der Waals surface area contributed by atoms with E-state index in [9.17, 15) is 14.7 Å². The molecule has 200 valence electrons. The third-order valence-corrected chi connectivity index (χ3v) is 8.61. The minimum Gasteiger partial charge on any atom is -0.506 e. The molecule has 1 aromatic heterocycles. The maximum absolute atomic E-state index is 13.9. The van der Waals surface area contributed by atoms with E-state index in [0.29, 0.717) is 57.7 Å². The summed E-state index contributed by atoms with van der Waals surface area (Å²) < 4.78 is 20.1. The molecule has 2 aromatic carbocycles. The van der Waals surface area contributed by atoms with Crippen LogP contribution in [0.15, 0.2) is 58.7 Å². The molecule has 12 heteroatoms. The number of rotatable bonds is 7. The van der Waals surface area contributed by atoms with Crippen molar-refractivity contribution in [2.45, 2.75) is 26.8 Å². The summed E-state index contributed by atoms with van der Waals surface area (Å²) in [6, 6.07) is 6.10. The van der Waals surface area contributed by atoms with Gasteiger partial charge in [-0.25, -0.2) is 9.79 Å². The average Bonchev–Trinajstić information content (AvgIpc) is 3.16. The van der Waals surface area contributed by atoms with E-state index in [-0.39, 0.29) is 23.5 Å². The van der Waals surface area contributed by atoms with Crippen molar-refractivity contribution in [2.75, 3.05) is 20.3 Å². The molecule has 0 amide bonds. The first-order chi connectivity index (χ1) is 18.1. The summed E-state index contributed by atoms with van der Waals surface area (Å²) in [6.07, 6.45) is 1.72. The Kier molecular flexibility index (Phi) is 8.85. The number of phenols is 1. The fourth-order valence-corrected chi connectivity index (χ4v) is 6.90. The number of phenolic OH excluding ortho intramolecular Hbond substituents is 1. The second kappa shape index (κ2) is 11.8. The Bertz CT molecular complexity index is 1620. The summed E-state index contributed by atoms with van der Waals surface area (Å²) in [7, 11) is 1.53. The van der Waals surface area contributed by atoms with Gasteiger partial charge >= 0.3 is 5.97 Å². The lowest BCUT2D eigenvalue weighted by atomic mass is 9.95. The van der Waals surface area contributed by atoms with Crippen LogP contribution in [0.3, 0.4) is 0 Å². The molecule has 0 saturated heterocycles. The minimum atomic E-state index is -0.829. The fraction of sp³-hybridized carbons (Fsp3) is 0.269. The van der Waals surface area contributed by atoms with Crippen molar-refractivity contribution in [1.82, 2.24) is 4.57 Å². The molecule has 8 nitrogen and oxygen atoms in total. The Hall–Kier alpha value is -2.41. The van der Waals surface area contributed by atoms with Crippen LogP contribution in [0.2, 0.25) is 0 Å². The Balaban J connectivity index is 2.00. The minimum absolute atomic E-state index is 0.0626. The Morgan fingerprint density at radius 2 is 1.79 bits per heavy atom.